The third kappa shape index (κ3) is 2.38. The third-order valence-electron chi connectivity index (χ3n) is 1.29. The van der Waals surface area contributed by atoms with Crippen LogP contribution in [0.1, 0.15) is 0 Å². The highest BCUT2D eigenvalue weighted by Crippen LogP contribution is 2.51. The SMILES string of the molecule is CNSC(F)(F)C(F)(F)C(F)(F)S(=O)(=O)O. The molecule has 0 unspecified atom stereocenters. The molecule has 0 heterocycles. The van der Waals surface area contributed by atoms with Crippen molar-refractivity contribution in [3.8, 4) is 0 Å². The van der Waals surface area contributed by atoms with Gasteiger partial charge in [0, 0.05) is 11.9 Å². The number of nitrogens with one attached hydrogen (secondary N) is 1. The lowest BCUT2D eigenvalue weighted by Crippen LogP contribution is -2.56. The molecule has 0 aromatic heterocycles. The van der Waals surface area contributed by atoms with Crippen molar-refractivity contribution in [3.05, 3.63) is 0 Å². The predicted octanol–water partition coefficient (Wildman–Crippen LogP) is 1.56. The van der Waals surface area contributed by atoms with Crippen LogP contribution in [0.5, 0.6) is 0 Å². The van der Waals surface area contributed by atoms with E-state index >= 15 is 0 Å². The second-order valence-electron chi connectivity index (χ2n) is 2.39. The molecule has 4 nitrogen and oxygen atoms in total. The molecular formula is C4H5F6NO3S2. The van der Waals surface area contributed by atoms with Crippen LogP contribution in [-0.4, -0.2) is 36.4 Å². The van der Waals surface area contributed by atoms with Gasteiger partial charge in [-0.1, -0.05) is 0 Å². The van der Waals surface area contributed by atoms with E-state index in [-0.39, 0.29) is 0 Å². The molecule has 0 aliphatic rings. The van der Waals surface area contributed by atoms with Gasteiger partial charge in [-0.25, -0.2) is 0 Å². The fourth-order valence-corrected chi connectivity index (χ4v) is 1.55. The van der Waals surface area contributed by atoms with Crippen LogP contribution in [0.25, 0.3) is 0 Å². The molecule has 0 aliphatic carbocycles. The molecule has 0 aromatic carbocycles. The van der Waals surface area contributed by atoms with Crippen molar-refractivity contribution < 1.29 is 39.3 Å². The maximum atomic E-state index is 12.6. The van der Waals surface area contributed by atoms with E-state index in [1.165, 1.54) is 4.72 Å². The molecule has 2 N–H and O–H groups in total. The van der Waals surface area contributed by atoms with E-state index in [0.717, 1.165) is 7.05 Å². The molecule has 0 saturated carbocycles. The molecule has 0 rings (SSSR count). The zero-order valence-corrected chi connectivity index (χ0v) is 8.98. The number of alkyl halides is 6. The number of rotatable bonds is 5. The summed E-state index contributed by atoms with van der Waals surface area (Å²) in [6, 6.07) is 0. The van der Waals surface area contributed by atoms with Crippen LogP contribution in [0.4, 0.5) is 26.3 Å². The average molecular weight is 293 g/mol. The minimum absolute atomic E-state index is 0.736. The van der Waals surface area contributed by atoms with Crippen LogP contribution in [0.2, 0.25) is 0 Å². The Labute approximate surface area is 90.3 Å². The molecule has 0 bridgehead atoms. The maximum absolute atomic E-state index is 12.6. The van der Waals surface area contributed by atoms with Gasteiger partial charge >= 0.3 is 26.5 Å². The lowest BCUT2D eigenvalue weighted by molar-refractivity contribution is -0.242. The molecule has 0 aromatic rings. The Morgan fingerprint density at radius 1 is 1.12 bits per heavy atom. The van der Waals surface area contributed by atoms with Crippen molar-refractivity contribution in [1.29, 1.82) is 0 Å². The van der Waals surface area contributed by atoms with Gasteiger partial charge in [0.2, 0.25) is 0 Å². The highest BCUT2D eigenvalue weighted by Gasteiger charge is 2.78. The van der Waals surface area contributed by atoms with Crippen molar-refractivity contribution in [2.45, 2.75) is 16.4 Å². The number of hydrogen-bond acceptors (Lipinski definition) is 4. The van der Waals surface area contributed by atoms with Gasteiger partial charge in [-0.15, -0.1) is 0 Å². The highest BCUT2D eigenvalue weighted by molar-refractivity contribution is 7.98. The molecule has 0 radical (unpaired) electrons. The van der Waals surface area contributed by atoms with E-state index in [4.69, 9.17) is 4.55 Å². The monoisotopic (exact) mass is 293 g/mol. The summed E-state index contributed by atoms with van der Waals surface area (Å²) >= 11 is -1.11. The second kappa shape index (κ2) is 4.23. The van der Waals surface area contributed by atoms with Gasteiger partial charge in [0.1, 0.15) is 0 Å². The zero-order valence-electron chi connectivity index (χ0n) is 7.35. The summed E-state index contributed by atoms with van der Waals surface area (Å²) in [7, 11) is -5.93. The van der Waals surface area contributed by atoms with Gasteiger partial charge < -0.3 is 0 Å². The molecule has 0 amide bonds. The standard InChI is InChI=1S/C4H5F6NO3S2/c1-11-15-3(7,8)2(5,6)4(9,10)16(12,13)14/h11H,1H3,(H,12,13,14). The van der Waals surface area contributed by atoms with Crippen molar-refractivity contribution >= 4 is 22.1 Å². The first-order valence-corrected chi connectivity index (χ1v) is 5.52. The van der Waals surface area contributed by atoms with E-state index in [1.807, 2.05) is 0 Å². The average Bonchev–Trinajstić information content (AvgIpc) is 2.01. The van der Waals surface area contributed by atoms with E-state index < -0.39 is 38.5 Å². The Morgan fingerprint density at radius 3 is 1.75 bits per heavy atom. The fraction of sp³-hybridized carbons (Fsp3) is 1.00. The van der Waals surface area contributed by atoms with Gasteiger partial charge in [-0.05, 0) is 7.05 Å². The van der Waals surface area contributed by atoms with E-state index in [0.29, 0.717) is 0 Å². The first kappa shape index (κ1) is 15.8. The molecule has 0 aliphatic heterocycles. The van der Waals surface area contributed by atoms with E-state index in [1.54, 1.807) is 0 Å². The van der Waals surface area contributed by atoms with Crippen LogP contribution < -0.4 is 4.72 Å². The topological polar surface area (TPSA) is 66.4 Å². The first-order chi connectivity index (χ1) is 6.81. The maximum Gasteiger partial charge on any atom is 0.438 e. The summed E-state index contributed by atoms with van der Waals surface area (Å²) < 4.78 is 104. The summed E-state index contributed by atoms with van der Waals surface area (Å²) in [4.78, 5) is 0. The van der Waals surface area contributed by atoms with Gasteiger partial charge in [0.05, 0.1) is 0 Å². The van der Waals surface area contributed by atoms with Crippen molar-refractivity contribution in [2.75, 3.05) is 7.05 Å². The molecule has 12 heteroatoms. The zero-order chi connectivity index (χ0) is 13.4. The molecule has 98 valence electrons. The van der Waals surface area contributed by atoms with Crippen molar-refractivity contribution in [2.24, 2.45) is 0 Å². The fourth-order valence-electron chi connectivity index (χ4n) is 0.524. The summed E-state index contributed by atoms with van der Waals surface area (Å²) in [6.45, 7) is 0. The van der Waals surface area contributed by atoms with Crippen LogP contribution in [-0.2, 0) is 10.1 Å². The molecule has 16 heavy (non-hydrogen) atoms. The van der Waals surface area contributed by atoms with Crippen LogP contribution in [0, 0.1) is 0 Å². The van der Waals surface area contributed by atoms with Crippen molar-refractivity contribution in [1.82, 2.24) is 4.72 Å². The third-order valence-corrected chi connectivity index (χ3v) is 2.91. The second-order valence-corrected chi connectivity index (χ2v) is 4.98. The van der Waals surface area contributed by atoms with Crippen LogP contribution in [0.3, 0.4) is 0 Å². The van der Waals surface area contributed by atoms with Crippen LogP contribution in [0.15, 0.2) is 0 Å². The molecular weight excluding hydrogens is 288 g/mol. The Hall–Kier alpha value is -0.200. The van der Waals surface area contributed by atoms with Gasteiger partial charge in [0.15, 0.2) is 0 Å². The largest absolute Gasteiger partial charge is 0.438 e. The van der Waals surface area contributed by atoms with Crippen LogP contribution >= 0.6 is 11.9 Å². The number of halogens is 6. The first-order valence-electron chi connectivity index (χ1n) is 3.26. The lowest BCUT2D eigenvalue weighted by Gasteiger charge is -2.29. The molecule has 0 saturated heterocycles. The molecule has 0 atom stereocenters. The van der Waals surface area contributed by atoms with E-state index in [9.17, 15) is 34.8 Å². The summed E-state index contributed by atoms with van der Waals surface area (Å²) in [5.74, 6) is -6.28. The van der Waals surface area contributed by atoms with Gasteiger partial charge in [-0.2, -0.15) is 34.8 Å². The number of hydrogen-bond donors (Lipinski definition) is 2. The minimum Gasteiger partial charge on any atom is -0.281 e. The highest BCUT2D eigenvalue weighted by atomic mass is 32.2. The smallest absolute Gasteiger partial charge is 0.281 e. The van der Waals surface area contributed by atoms with E-state index in [2.05, 4.69) is 0 Å². The van der Waals surface area contributed by atoms with Gasteiger partial charge in [-0.3, -0.25) is 9.27 Å². The Bertz CT molecular complexity index is 355. The Kier molecular flexibility index (Phi) is 4.18. The minimum atomic E-state index is -6.67. The molecule has 0 spiro atoms. The predicted molar refractivity (Wildman–Crippen MR) is 43.0 cm³/mol. The summed E-state index contributed by atoms with van der Waals surface area (Å²) in [5.41, 5.74) is 0. The lowest BCUT2D eigenvalue weighted by atomic mass is 10.3. The van der Waals surface area contributed by atoms with Crippen molar-refractivity contribution in [3.63, 3.8) is 0 Å². The Morgan fingerprint density at radius 2 is 1.50 bits per heavy atom. The quantitative estimate of drug-likeness (QED) is 0.457. The summed E-state index contributed by atoms with van der Waals surface area (Å²) in [6.07, 6.45) is 0. The van der Waals surface area contributed by atoms with Gasteiger partial charge in [0.25, 0.3) is 0 Å². The molecule has 0 fully saturated rings. The Balaban J connectivity index is 5.52. The summed E-state index contributed by atoms with van der Waals surface area (Å²) in [5, 5.41) is -11.7. The normalized spacial score (nSPS) is 15.2.